The van der Waals surface area contributed by atoms with E-state index in [0.717, 1.165) is 49.2 Å². The van der Waals surface area contributed by atoms with Gasteiger partial charge in [-0.25, -0.2) is 0 Å². The first-order valence-electron chi connectivity index (χ1n) is 8.82. The molecule has 25 heavy (non-hydrogen) atoms. The van der Waals surface area contributed by atoms with Crippen LogP contribution in [0.1, 0.15) is 6.92 Å². The molecule has 1 spiro atoms. The van der Waals surface area contributed by atoms with Gasteiger partial charge in [-0.1, -0.05) is 24.3 Å². The molecule has 0 saturated carbocycles. The van der Waals surface area contributed by atoms with E-state index in [4.69, 9.17) is 9.47 Å². The number of hydrogen-bond donors (Lipinski definition) is 1. The van der Waals surface area contributed by atoms with E-state index >= 15 is 0 Å². The summed E-state index contributed by atoms with van der Waals surface area (Å²) in [5.74, 6) is 1.66. The fourth-order valence-corrected chi connectivity index (χ4v) is 4.28. The Hall–Kier alpha value is -2.08. The summed E-state index contributed by atoms with van der Waals surface area (Å²) in [6.07, 6.45) is -0.630. The lowest BCUT2D eigenvalue weighted by molar-refractivity contribution is -0.204. The number of fused-ring (bicyclic) bond motifs is 2. The highest BCUT2D eigenvalue weighted by Crippen LogP contribution is 2.50. The number of aliphatic hydroxyl groups excluding tert-OH is 1. The molecule has 3 aliphatic heterocycles. The SMILES string of the molecule is CC(O)C(N1CC2(COC2)C1)N1c2ccccc2Oc2ccccc21. The van der Waals surface area contributed by atoms with Crippen LogP contribution < -0.4 is 9.64 Å². The van der Waals surface area contributed by atoms with Gasteiger partial charge in [0.1, 0.15) is 6.17 Å². The van der Waals surface area contributed by atoms with E-state index in [2.05, 4.69) is 21.9 Å². The summed E-state index contributed by atoms with van der Waals surface area (Å²) < 4.78 is 11.5. The van der Waals surface area contributed by atoms with E-state index in [0.29, 0.717) is 5.41 Å². The molecule has 0 radical (unpaired) electrons. The van der Waals surface area contributed by atoms with Crippen molar-refractivity contribution in [2.24, 2.45) is 5.41 Å². The number of hydrogen-bond acceptors (Lipinski definition) is 5. The zero-order valence-corrected chi connectivity index (χ0v) is 14.3. The molecule has 5 nitrogen and oxygen atoms in total. The molecule has 2 saturated heterocycles. The molecule has 2 atom stereocenters. The normalized spacial score (nSPS) is 22.9. The summed E-state index contributed by atoms with van der Waals surface area (Å²) in [5, 5.41) is 10.7. The summed E-state index contributed by atoms with van der Waals surface area (Å²) in [6.45, 7) is 5.47. The van der Waals surface area contributed by atoms with Crippen LogP contribution in [0.2, 0.25) is 0 Å². The van der Waals surface area contributed by atoms with Gasteiger partial charge in [-0.05, 0) is 31.2 Å². The Bertz CT molecular complexity index is 750. The Labute approximate surface area is 147 Å². The van der Waals surface area contributed by atoms with Gasteiger partial charge in [0, 0.05) is 18.5 Å². The maximum absolute atomic E-state index is 10.7. The summed E-state index contributed by atoms with van der Waals surface area (Å²) in [6, 6.07) is 16.1. The van der Waals surface area contributed by atoms with Gasteiger partial charge in [-0.3, -0.25) is 4.90 Å². The first-order valence-corrected chi connectivity index (χ1v) is 8.82. The number of benzene rings is 2. The lowest BCUT2D eigenvalue weighted by atomic mass is 9.77. The van der Waals surface area contributed by atoms with Crippen molar-refractivity contribution in [3.63, 3.8) is 0 Å². The molecular weight excluding hydrogens is 316 g/mol. The largest absolute Gasteiger partial charge is 0.453 e. The summed E-state index contributed by atoms with van der Waals surface area (Å²) in [5.41, 5.74) is 2.30. The molecule has 2 unspecified atom stereocenters. The second-order valence-electron chi connectivity index (χ2n) is 7.46. The lowest BCUT2D eigenvalue weighted by Crippen LogP contribution is -2.71. The molecule has 0 aliphatic carbocycles. The van der Waals surface area contributed by atoms with Crippen molar-refractivity contribution >= 4 is 11.4 Å². The van der Waals surface area contributed by atoms with Gasteiger partial charge in [0.15, 0.2) is 11.5 Å². The average Bonchev–Trinajstić information content (AvgIpc) is 2.54. The molecule has 1 N–H and O–H groups in total. The van der Waals surface area contributed by atoms with Crippen LogP contribution in [0.4, 0.5) is 11.4 Å². The van der Waals surface area contributed by atoms with Crippen LogP contribution in [0.3, 0.4) is 0 Å². The lowest BCUT2D eigenvalue weighted by Gasteiger charge is -2.59. The van der Waals surface area contributed by atoms with Gasteiger partial charge in [-0.2, -0.15) is 0 Å². The molecule has 5 rings (SSSR count). The van der Waals surface area contributed by atoms with Crippen LogP contribution in [0.5, 0.6) is 11.5 Å². The van der Waals surface area contributed by atoms with E-state index in [-0.39, 0.29) is 6.17 Å². The van der Waals surface area contributed by atoms with Gasteiger partial charge in [0.25, 0.3) is 0 Å². The Morgan fingerprint density at radius 3 is 2.00 bits per heavy atom. The standard InChI is InChI=1S/C20H22N2O3/c1-14(23)19(21-10-20(11-21)12-24-13-20)22-15-6-2-4-8-17(15)25-18-9-5-3-7-16(18)22/h2-9,14,19,23H,10-13H2,1H3. The third-order valence-electron chi connectivity index (χ3n) is 5.43. The molecular formula is C20H22N2O3. The van der Waals surface area contributed by atoms with E-state index < -0.39 is 6.10 Å². The van der Waals surface area contributed by atoms with E-state index in [1.54, 1.807) is 0 Å². The smallest absolute Gasteiger partial charge is 0.151 e. The maximum atomic E-state index is 10.7. The molecule has 2 fully saturated rings. The predicted molar refractivity (Wildman–Crippen MR) is 95.4 cm³/mol. The minimum absolute atomic E-state index is 0.127. The predicted octanol–water partition coefficient (Wildman–Crippen LogP) is 2.97. The molecule has 2 aromatic rings. The fourth-order valence-electron chi connectivity index (χ4n) is 4.28. The van der Waals surface area contributed by atoms with Gasteiger partial charge in [-0.15, -0.1) is 0 Å². The number of nitrogens with zero attached hydrogens (tertiary/aromatic N) is 2. The summed E-state index contributed by atoms with van der Waals surface area (Å²) >= 11 is 0. The van der Waals surface area contributed by atoms with Crippen LogP contribution in [0.15, 0.2) is 48.5 Å². The number of para-hydroxylation sites is 4. The Morgan fingerprint density at radius 1 is 0.960 bits per heavy atom. The molecule has 0 amide bonds. The maximum Gasteiger partial charge on any atom is 0.151 e. The second-order valence-corrected chi connectivity index (χ2v) is 7.46. The monoisotopic (exact) mass is 338 g/mol. The van der Waals surface area contributed by atoms with Crippen LogP contribution in [0.25, 0.3) is 0 Å². The average molecular weight is 338 g/mol. The molecule has 3 aliphatic rings. The molecule has 130 valence electrons. The van der Waals surface area contributed by atoms with E-state index in [1.165, 1.54) is 0 Å². The van der Waals surface area contributed by atoms with Crippen molar-refractivity contribution < 1.29 is 14.6 Å². The third kappa shape index (κ3) is 2.27. The Balaban J connectivity index is 1.56. The van der Waals surface area contributed by atoms with Crippen molar-refractivity contribution in [1.82, 2.24) is 4.90 Å². The summed E-state index contributed by atoms with van der Waals surface area (Å²) in [7, 11) is 0. The minimum Gasteiger partial charge on any atom is -0.453 e. The van der Waals surface area contributed by atoms with Crippen molar-refractivity contribution in [2.45, 2.75) is 19.2 Å². The highest BCUT2D eigenvalue weighted by molar-refractivity contribution is 5.78. The Kier molecular flexibility index (Phi) is 3.32. The van der Waals surface area contributed by atoms with E-state index in [1.807, 2.05) is 43.3 Å². The van der Waals surface area contributed by atoms with Gasteiger partial charge >= 0.3 is 0 Å². The highest BCUT2D eigenvalue weighted by Gasteiger charge is 2.53. The molecule has 0 bridgehead atoms. The molecule has 5 heteroatoms. The quantitative estimate of drug-likeness (QED) is 0.932. The minimum atomic E-state index is -0.502. The molecule has 2 aromatic carbocycles. The van der Waals surface area contributed by atoms with Gasteiger partial charge < -0.3 is 19.5 Å². The number of ether oxygens (including phenoxy) is 2. The van der Waals surface area contributed by atoms with Crippen LogP contribution in [0, 0.1) is 5.41 Å². The zero-order chi connectivity index (χ0) is 17.0. The number of likely N-dealkylation sites (tertiary alicyclic amines) is 1. The highest BCUT2D eigenvalue weighted by atomic mass is 16.5. The molecule has 3 heterocycles. The van der Waals surface area contributed by atoms with Gasteiger partial charge in [0.05, 0.1) is 30.7 Å². The van der Waals surface area contributed by atoms with Crippen LogP contribution in [-0.2, 0) is 4.74 Å². The Morgan fingerprint density at radius 2 is 1.52 bits per heavy atom. The number of rotatable bonds is 3. The first kappa shape index (κ1) is 15.2. The van der Waals surface area contributed by atoms with E-state index in [9.17, 15) is 5.11 Å². The summed E-state index contributed by atoms with van der Waals surface area (Å²) in [4.78, 5) is 4.58. The third-order valence-corrected chi connectivity index (χ3v) is 5.43. The van der Waals surface area contributed by atoms with Crippen molar-refractivity contribution in [1.29, 1.82) is 0 Å². The zero-order valence-electron chi connectivity index (χ0n) is 14.3. The topological polar surface area (TPSA) is 45.2 Å². The first-order chi connectivity index (χ1) is 12.2. The van der Waals surface area contributed by atoms with Gasteiger partial charge in [0.2, 0.25) is 0 Å². The van der Waals surface area contributed by atoms with Crippen LogP contribution >= 0.6 is 0 Å². The fraction of sp³-hybridized carbons (Fsp3) is 0.400. The molecule has 0 aromatic heterocycles. The van der Waals surface area contributed by atoms with Crippen LogP contribution in [-0.4, -0.2) is 48.6 Å². The second kappa shape index (κ2) is 5.46. The van der Waals surface area contributed by atoms with Crippen molar-refractivity contribution in [3.8, 4) is 11.5 Å². The number of aliphatic hydroxyl groups is 1. The number of anilines is 2. The van der Waals surface area contributed by atoms with Crippen molar-refractivity contribution in [3.05, 3.63) is 48.5 Å². The van der Waals surface area contributed by atoms with Crippen molar-refractivity contribution in [2.75, 3.05) is 31.2 Å².